The fraction of sp³-hybridized carbons (Fsp3) is 0.190. The van der Waals surface area contributed by atoms with E-state index in [9.17, 15) is 14.7 Å². The van der Waals surface area contributed by atoms with E-state index < -0.39 is 12.0 Å². The molecule has 5 rings (SSSR count). The Morgan fingerprint density at radius 1 is 1.21 bits per heavy atom. The molecule has 4 aromatic rings. The van der Waals surface area contributed by atoms with Crippen molar-refractivity contribution >= 4 is 33.6 Å². The van der Waals surface area contributed by atoms with E-state index in [1.165, 1.54) is 10.8 Å². The lowest BCUT2D eigenvalue weighted by Crippen LogP contribution is -2.30. The van der Waals surface area contributed by atoms with Crippen LogP contribution in [0.5, 0.6) is 0 Å². The number of nitrogens with zero attached hydrogens (tertiary/aromatic N) is 2. The van der Waals surface area contributed by atoms with Crippen LogP contribution in [0.3, 0.4) is 0 Å². The van der Waals surface area contributed by atoms with Crippen molar-refractivity contribution in [2.45, 2.75) is 25.4 Å². The molecule has 1 aliphatic rings. The first-order valence-electron chi connectivity index (χ1n) is 9.09. The number of aryl methyl sites for hydroxylation is 1. The molecular formula is C21H17N3O4. The van der Waals surface area contributed by atoms with Crippen LogP contribution in [0.4, 0.5) is 5.69 Å². The fourth-order valence-corrected chi connectivity index (χ4v) is 3.84. The molecule has 1 atom stereocenters. The smallest absolute Gasteiger partial charge is 0.326 e. The van der Waals surface area contributed by atoms with E-state index in [0.717, 1.165) is 27.5 Å². The quantitative estimate of drug-likeness (QED) is 0.568. The van der Waals surface area contributed by atoms with Gasteiger partial charge < -0.3 is 14.8 Å². The lowest BCUT2D eigenvalue weighted by molar-refractivity contribution is -0.140. The highest BCUT2D eigenvalue weighted by molar-refractivity contribution is 6.04. The number of hydrogen-bond donors (Lipinski definition) is 2. The van der Waals surface area contributed by atoms with E-state index in [-0.39, 0.29) is 5.56 Å². The molecule has 0 spiro atoms. The highest BCUT2D eigenvalue weighted by Gasteiger charge is 2.30. The van der Waals surface area contributed by atoms with Crippen molar-refractivity contribution < 1.29 is 14.3 Å². The zero-order valence-corrected chi connectivity index (χ0v) is 14.9. The summed E-state index contributed by atoms with van der Waals surface area (Å²) in [5.41, 5.74) is 2.59. The van der Waals surface area contributed by atoms with Crippen LogP contribution in [0.25, 0.3) is 21.9 Å². The van der Waals surface area contributed by atoms with E-state index in [2.05, 4.69) is 10.3 Å². The Morgan fingerprint density at radius 2 is 2.04 bits per heavy atom. The van der Waals surface area contributed by atoms with Crippen molar-refractivity contribution in [1.82, 2.24) is 9.55 Å². The van der Waals surface area contributed by atoms with Crippen LogP contribution < -0.4 is 10.9 Å². The van der Waals surface area contributed by atoms with Crippen molar-refractivity contribution in [3.63, 3.8) is 0 Å². The average molecular weight is 375 g/mol. The number of anilines is 1. The maximum absolute atomic E-state index is 12.7. The molecule has 0 radical (unpaired) electrons. The van der Waals surface area contributed by atoms with E-state index in [0.29, 0.717) is 30.9 Å². The highest BCUT2D eigenvalue weighted by atomic mass is 16.4. The van der Waals surface area contributed by atoms with Gasteiger partial charge in [-0.05, 0) is 30.2 Å². The molecule has 140 valence electrons. The molecule has 28 heavy (non-hydrogen) atoms. The number of carbonyl (C=O) groups is 1. The lowest BCUT2D eigenvalue weighted by Gasteiger charge is -2.12. The van der Waals surface area contributed by atoms with E-state index in [1.54, 1.807) is 0 Å². The van der Waals surface area contributed by atoms with E-state index >= 15 is 0 Å². The van der Waals surface area contributed by atoms with E-state index in [4.69, 9.17) is 4.42 Å². The Labute approximate surface area is 159 Å². The Morgan fingerprint density at radius 3 is 2.89 bits per heavy atom. The third kappa shape index (κ3) is 2.55. The van der Waals surface area contributed by atoms with Crippen LogP contribution in [0, 0.1) is 0 Å². The van der Waals surface area contributed by atoms with Gasteiger partial charge in [0.1, 0.15) is 28.7 Å². The summed E-state index contributed by atoms with van der Waals surface area (Å²) in [6, 6.07) is 12.9. The monoisotopic (exact) mass is 375 g/mol. The number of aromatic nitrogens is 2. The second kappa shape index (κ2) is 6.23. The third-order valence-corrected chi connectivity index (χ3v) is 5.23. The van der Waals surface area contributed by atoms with Crippen LogP contribution in [0.1, 0.15) is 23.9 Å². The molecule has 0 saturated heterocycles. The number of para-hydroxylation sites is 1. The molecule has 7 heteroatoms. The minimum absolute atomic E-state index is 0.300. The summed E-state index contributed by atoms with van der Waals surface area (Å²) in [6.07, 6.45) is 2.38. The maximum atomic E-state index is 12.7. The zero-order chi connectivity index (χ0) is 19.3. The second-order valence-corrected chi connectivity index (χ2v) is 6.94. The standard InChI is InChI=1S/C21H17N3O4/c25-20-15(11-23-19-8-6-16(21(26)27)24(19)20)22-10-12-5-7-18-14(9-12)13-3-1-2-4-17(13)28-18/h1-5,7,9,11,16,22H,6,8,10H2,(H,26,27)/t16-/m0/s1. The molecule has 0 saturated carbocycles. The molecule has 2 aromatic carbocycles. The summed E-state index contributed by atoms with van der Waals surface area (Å²) in [5, 5.41) is 14.5. The predicted octanol–water partition coefficient (Wildman–Crippen LogP) is 3.33. The Hall–Kier alpha value is -3.61. The number of benzene rings is 2. The first-order chi connectivity index (χ1) is 13.6. The first-order valence-corrected chi connectivity index (χ1v) is 9.09. The Kier molecular flexibility index (Phi) is 3.68. The SMILES string of the molecule is O=C(O)[C@@H]1CCc2ncc(NCc3ccc4oc5ccccc5c4c3)c(=O)n21. The van der Waals surface area contributed by atoms with Gasteiger partial charge in [0, 0.05) is 23.7 Å². The molecule has 2 N–H and O–H groups in total. The lowest BCUT2D eigenvalue weighted by atomic mass is 10.1. The summed E-state index contributed by atoms with van der Waals surface area (Å²) in [4.78, 5) is 28.4. The van der Waals surface area contributed by atoms with E-state index in [1.807, 2.05) is 42.5 Å². The molecular weight excluding hydrogens is 358 g/mol. The summed E-state index contributed by atoms with van der Waals surface area (Å²) >= 11 is 0. The normalized spacial score (nSPS) is 15.8. The van der Waals surface area contributed by atoms with Gasteiger partial charge in [-0.1, -0.05) is 24.3 Å². The molecule has 2 aromatic heterocycles. The van der Waals surface area contributed by atoms with Crippen molar-refractivity contribution in [2.24, 2.45) is 0 Å². The summed E-state index contributed by atoms with van der Waals surface area (Å²) < 4.78 is 7.12. The second-order valence-electron chi connectivity index (χ2n) is 6.94. The van der Waals surface area contributed by atoms with Crippen LogP contribution >= 0.6 is 0 Å². The maximum Gasteiger partial charge on any atom is 0.326 e. The fourth-order valence-electron chi connectivity index (χ4n) is 3.84. The molecule has 0 aliphatic carbocycles. The summed E-state index contributed by atoms with van der Waals surface area (Å²) in [7, 11) is 0. The van der Waals surface area contributed by atoms with Crippen LogP contribution in [-0.2, 0) is 17.8 Å². The molecule has 3 heterocycles. The van der Waals surface area contributed by atoms with Gasteiger partial charge in [-0.15, -0.1) is 0 Å². The number of hydrogen-bond acceptors (Lipinski definition) is 5. The Bertz CT molecular complexity index is 1290. The van der Waals surface area contributed by atoms with Gasteiger partial charge in [0.2, 0.25) is 0 Å². The van der Waals surface area contributed by atoms with Crippen molar-refractivity contribution in [2.75, 3.05) is 5.32 Å². The number of fused-ring (bicyclic) bond motifs is 4. The van der Waals surface area contributed by atoms with Gasteiger partial charge in [0.15, 0.2) is 0 Å². The summed E-state index contributed by atoms with van der Waals surface area (Å²) in [5.74, 6) is -0.480. The minimum atomic E-state index is -1.00. The number of furan rings is 1. The number of carboxylic acid groups (broad SMARTS) is 1. The molecule has 1 aliphatic heterocycles. The van der Waals surface area contributed by atoms with Gasteiger partial charge in [-0.2, -0.15) is 0 Å². The topological polar surface area (TPSA) is 97.4 Å². The number of rotatable bonds is 4. The van der Waals surface area contributed by atoms with Crippen LogP contribution in [0.2, 0.25) is 0 Å². The Balaban J connectivity index is 1.45. The largest absolute Gasteiger partial charge is 0.480 e. The van der Waals surface area contributed by atoms with Gasteiger partial charge in [-0.25, -0.2) is 9.78 Å². The minimum Gasteiger partial charge on any atom is -0.480 e. The molecule has 0 unspecified atom stereocenters. The third-order valence-electron chi connectivity index (χ3n) is 5.23. The molecule has 0 amide bonds. The van der Waals surface area contributed by atoms with Crippen LogP contribution in [-0.4, -0.2) is 20.6 Å². The first kappa shape index (κ1) is 16.6. The van der Waals surface area contributed by atoms with Crippen molar-refractivity contribution in [3.05, 3.63) is 70.4 Å². The predicted molar refractivity (Wildman–Crippen MR) is 105 cm³/mol. The zero-order valence-electron chi connectivity index (χ0n) is 14.9. The van der Waals surface area contributed by atoms with Gasteiger partial charge >= 0.3 is 5.97 Å². The molecule has 0 bridgehead atoms. The molecule has 7 nitrogen and oxygen atoms in total. The van der Waals surface area contributed by atoms with Crippen molar-refractivity contribution in [3.8, 4) is 0 Å². The number of aliphatic carboxylic acids is 1. The van der Waals surface area contributed by atoms with Gasteiger partial charge in [0.25, 0.3) is 5.56 Å². The number of carboxylic acids is 1. The molecule has 0 fully saturated rings. The summed E-state index contributed by atoms with van der Waals surface area (Å²) in [6.45, 7) is 0.420. The highest BCUT2D eigenvalue weighted by Crippen LogP contribution is 2.29. The van der Waals surface area contributed by atoms with Gasteiger partial charge in [-0.3, -0.25) is 9.36 Å². The number of nitrogens with one attached hydrogen (secondary N) is 1. The van der Waals surface area contributed by atoms with Crippen molar-refractivity contribution in [1.29, 1.82) is 0 Å². The van der Waals surface area contributed by atoms with Gasteiger partial charge in [0.05, 0.1) is 6.20 Å². The average Bonchev–Trinajstić information content (AvgIpc) is 3.29. The van der Waals surface area contributed by atoms with Crippen LogP contribution in [0.15, 0.2) is 57.9 Å².